The number of nitrogens with zero attached hydrogens (tertiary/aromatic N) is 3. The van der Waals surface area contributed by atoms with Crippen LogP contribution in [0.25, 0.3) is 10.8 Å². The molecule has 1 unspecified atom stereocenters. The summed E-state index contributed by atoms with van der Waals surface area (Å²) >= 11 is 0. The first-order chi connectivity index (χ1) is 20.5. The number of aliphatic hydroxyl groups excluding tert-OH is 1. The lowest BCUT2D eigenvalue weighted by molar-refractivity contribution is -0.144. The van der Waals surface area contributed by atoms with Crippen molar-refractivity contribution in [3.05, 3.63) is 103 Å². The van der Waals surface area contributed by atoms with Gasteiger partial charge in [0.25, 0.3) is 5.91 Å². The van der Waals surface area contributed by atoms with Gasteiger partial charge < -0.3 is 24.5 Å². The second kappa shape index (κ2) is 10.5. The van der Waals surface area contributed by atoms with Crippen molar-refractivity contribution in [1.82, 2.24) is 9.80 Å². The first kappa shape index (κ1) is 26.6. The number of aliphatic hydroxyl groups is 1. The zero-order valence-electron chi connectivity index (χ0n) is 23.2. The lowest BCUT2D eigenvalue weighted by Gasteiger charge is -2.35. The molecule has 2 fully saturated rings. The number of carbonyl (C=O) groups excluding carboxylic acids is 3. The van der Waals surface area contributed by atoms with E-state index in [0.717, 1.165) is 22.0 Å². The summed E-state index contributed by atoms with van der Waals surface area (Å²) < 4.78 is 6.72. The largest absolute Gasteiger partial charge is 0.396 e. The van der Waals surface area contributed by atoms with Crippen LogP contribution in [0.2, 0.25) is 0 Å². The first-order valence-electron chi connectivity index (χ1n) is 14.6. The average molecular weight is 564 g/mol. The monoisotopic (exact) mass is 563 g/mol. The number of anilines is 1. The van der Waals surface area contributed by atoms with Gasteiger partial charge in [-0.15, -0.1) is 0 Å². The Kier molecular flexibility index (Phi) is 6.67. The van der Waals surface area contributed by atoms with Crippen LogP contribution in [-0.4, -0.2) is 76.6 Å². The van der Waals surface area contributed by atoms with Crippen LogP contribution in [-0.2, 0) is 25.7 Å². The number of ether oxygens (including phenoxy) is 1. The minimum absolute atomic E-state index is 0.119. The molecule has 5 atom stereocenters. The maximum Gasteiger partial charge on any atom is 0.253 e. The van der Waals surface area contributed by atoms with Gasteiger partial charge in [-0.1, -0.05) is 85.0 Å². The molecule has 4 aliphatic rings. The van der Waals surface area contributed by atoms with Crippen LogP contribution in [0, 0.1) is 11.8 Å². The lowest BCUT2D eigenvalue weighted by atomic mass is 9.77. The molecule has 0 radical (unpaired) electrons. The van der Waals surface area contributed by atoms with Gasteiger partial charge in [-0.05, 0) is 34.9 Å². The molecule has 4 aliphatic heterocycles. The van der Waals surface area contributed by atoms with Crippen molar-refractivity contribution in [3.8, 4) is 0 Å². The van der Waals surface area contributed by atoms with Gasteiger partial charge >= 0.3 is 0 Å². The van der Waals surface area contributed by atoms with Gasteiger partial charge in [0.15, 0.2) is 0 Å². The van der Waals surface area contributed by atoms with Gasteiger partial charge in [-0.25, -0.2) is 0 Å². The summed E-state index contributed by atoms with van der Waals surface area (Å²) in [6.45, 7) is 1.23. The van der Waals surface area contributed by atoms with E-state index in [1.165, 1.54) is 0 Å². The summed E-state index contributed by atoms with van der Waals surface area (Å²) in [6, 6.07) is 22.7. The molecular weight excluding hydrogens is 530 g/mol. The van der Waals surface area contributed by atoms with Crippen LogP contribution in [0.5, 0.6) is 0 Å². The number of likely N-dealkylation sites (tertiary alicyclic amines) is 1. The maximum absolute atomic E-state index is 14.5. The van der Waals surface area contributed by atoms with Crippen molar-refractivity contribution in [2.75, 3.05) is 31.1 Å². The van der Waals surface area contributed by atoms with Crippen LogP contribution in [0.4, 0.5) is 5.69 Å². The second-order valence-electron chi connectivity index (χ2n) is 11.5. The van der Waals surface area contributed by atoms with Crippen molar-refractivity contribution in [3.63, 3.8) is 0 Å². The highest BCUT2D eigenvalue weighted by Gasteiger charge is 2.71. The van der Waals surface area contributed by atoms with E-state index >= 15 is 0 Å². The van der Waals surface area contributed by atoms with Crippen LogP contribution in [0.15, 0.2) is 97.1 Å². The number of amides is 3. The molecule has 2 saturated heterocycles. The molecule has 0 saturated carbocycles. The van der Waals surface area contributed by atoms with E-state index in [2.05, 4.69) is 0 Å². The van der Waals surface area contributed by atoms with Gasteiger partial charge in [-0.3, -0.25) is 14.4 Å². The fraction of sp³-hybridized carbons (Fsp3) is 0.324. The predicted molar refractivity (Wildman–Crippen MR) is 158 cm³/mol. The Balaban J connectivity index is 1.27. The normalized spacial score (nSPS) is 28.6. The van der Waals surface area contributed by atoms with Crippen molar-refractivity contribution in [2.24, 2.45) is 11.8 Å². The number of benzene rings is 3. The molecule has 0 aromatic heterocycles. The van der Waals surface area contributed by atoms with E-state index < -0.39 is 29.6 Å². The number of fused-ring (bicyclic) bond motifs is 3. The summed E-state index contributed by atoms with van der Waals surface area (Å²) in [5.74, 6) is -2.29. The summed E-state index contributed by atoms with van der Waals surface area (Å²) in [7, 11) is 0. The standard InChI is InChI=1S/C34H33N3O5/c38-20-8-19-37-30-33(41)36(26-15-14-24-11-4-5-12-25(24)21-26)18-7-16-34(30)29(32(37)40)28-27(42-34)13-6-17-35(31(28)39)22-23-9-2-1-3-10-23/h1-7,9-16,21,27-30,38H,8,17-20,22H2/t27-,28+,29-,30?,34-/m0/s1. The van der Waals surface area contributed by atoms with E-state index in [0.29, 0.717) is 26.1 Å². The summed E-state index contributed by atoms with van der Waals surface area (Å²) in [5, 5.41) is 11.7. The predicted octanol–water partition coefficient (Wildman–Crippen LogP) is 3.30. The topological polar surface area (TPSA) is 90.4 Å². The van der Waals surface area contributed by atoms with E-state index in [-0.39, 0.29) is 30.9 Å². The molecule has 3 aromatic rings. The summed E-state index contributed by atoms with van der Waals surface area (Å²) in [4.78, 5) is 48.0. The Morgan fingerprint density at radius 3 is 2.45 bits per heavy atom. The van der Waals surface area contributed by atoms with E-state index in [4.69, 9.17) is 4.74 Å². The van der Waals surface area contributed by atoms with Gasteiger partial charge in [0.05, 0.1) is 17.9 Å². The number of hydrogen-bond donors (Lipinski definition) is 1. The van der Waals surface area contributed by atoms with E-state index in [1.54, 1.807) is 14.7 Å². The molecule has 8 nitrogen and oxygen atoms in total. The highest BCUT2D eigenvalue weighted by molar-refractivity contribution is 6.06. The van der Waals surface area contributed by atoms with Gasteiger partial charge in [0.1, 0.15) is 11.6 Å². The summed E-state index contributed by atoms with van der Waals surface area (Å²) in [5.41, 5.74) is 0.443. The molecule has 3 amide bonds. The smallest absolute Gasteiger partial charge is 0.253 e. The first-order valence-corrected chi connectivity index (χ1v) is 14.6. The maximum atomic E-state index is 14.5. The molecule has 0 aliphatic carbocycles. The molecule has 42 heavy (non-hydrogen) atoms. The fourth-order valence-electron chi connectivity index (χ4n) is 7.19. The van der Waals surface area contributed by atoms with Crippen LogP contribution in [0.3, 0.4) is 0 Å². The number of hydrogen-bond acceptors (Lipinski definition) is 5. The van der Waals surface area contributed by atoms with Crippen LogP contribution in [0.1, 0.15) is 12.0 Å². The van der Waals surface area contributed by atoms with Crippen LogP contribution < -0.4 is 4.90 Å². The molecule has 1 N–H and O–H groups in total. The van der Waals surface area contributed by atoms with Crippen molar-refractivity contribution >= 4 is 34.2 Å². The van der Waals surface area contributed by atoms with E-state index in [1.807, 2.05) is 97.1 Å². The lowest BCUT2D eigenvalue weighted by Crippen LogP contribution is -2.55. The Bertz CT molecular complexity index is 1600. The Morgan fingerprint density at radius 2 is 1.64 bits per heavy atom. The molecule has 0 bridgehead atoms. The average Bonchev–Trinajstić information content (AvgIpc) is 3.33. The molecule has 214 valence electrons. The Labute approximate surface area is 244 Å². The minimum Gasteiger partial charge on any atom is -0.396 e. The van der Waals surface area contributed by atoms with Gasteiger partial charge in [-0.2, -0.15) is 0 Å². The molecule has 1 spiro atoms. The van der Waals surface area contributed by atoms with Crippen LogP contribution >= 0.6 is 0 Å². The summed E-state index contributed by atoms with van der Waals surface area (Å²) in [6.07, 6.45) is 7.25. The van der Waals surface area contributed by atoms with Gasteiger partial charge in [0, 0.05) is 38.5 Å². The van der Waals surface area contributed by atoms with Gasteiger partial charge in [0.2, 0.25) is 11.8 Å². The third-order valence-corrected chi connectivity index (χ3v) is 9.06. The molecular formula is C34H33N3O5. The molecule has 8 heteroatoms. The zero-order chi connectivity index (χ0) is 28.8. The highest BCUT2D eigenvalue weighted by Crippen LogP contribution is 2.53. The quantitative estimate of drug-likeness (QED) is 0.465. The zero-order valence-corrected chi connectivity index (χ0v) is 23.2. The van der Waals surface area contributed by atoms with Crippen molar-refractivity contribution < 1.29 is 24.2 Å². The highest BCUT2D eigenvalue weighted by atomic mass is 16.5. The minimum atomic E-state index is -1.29. The second-order valence-corrected chi connectivity index (χ2v) is 11.5. The molecule has 3 aromatic carbocycles. The van der Waals surface area contributed by atoms with E-state index in [9.17, 15) is 19.5 Å². The Morgan fingerprint density at radius 1 is 0.857 bits per heavy atom. The Hall–Kier alpha value is -4.27. The number of rotatable bonds is 6. The third kappa shape index (κ3) is 4.16. The van der Waals surface area contributed by atoms with Crippen molar-refractivity contribution in [2.45, 2.75) is 30.7 Å². The van der Waals surface area contributed by atoms with Crippen molar-refractivity contribution in [1.29, 1.82) is 0 Å². The molecule has 4 heterocycles. The SMILES string of the molecule is O=C1[C@@H]2[C@H](C=CCN1Cc1ccccc1)O[C@]13C=CCN(c4ccc5ccccc5c4)C(=O)C1N(CCCO)C(=O)[C@H]23. The fourth-order valence-corrected chi connectivity index (χ4v) is 7.19. The number of carbonyl (C=O) groups is 3. The third-order valence-electron chi connectivity index (χ3n) is 9.06. The molecule has 7 rings (SSSR count).